The Morgan fingerprint density at radius 1 is 1.07 bits per heavy atom. The summed E-state index contributed by atoms with van der Waals surface area (Å²) < 4.78 is 13.1. The van der Waals surface area contributed by atoms with E-state index in [4.69, 9.17) is 9.47 Å². The van der Waals surface area contributed by atoms with Gasteiger partial charge in [0.15, 0.2) is 17.1 Å². The molecule has 0 unspecified atom stereocenters. The summed E-state index contributed by atoms with van der Waals surface area (Å²) in [5.41, 5.74) is 4.54. The van der Waals surface area contributed by atoms with Gasteiger partial charge in [0.2, 0.25) is 0 Å². The molecule has 7 nitrogen and oxygen atoms in total. The molecular formula is C23H26N4O3. The van der Waals surface area contributed by atoms with Gasteiger partial charge < -0.3 is 14.8 Å². The molecule has 1 N–H and O–H groups in total. The number of amides is 1. The van der Waals surface area contributed by atoms with Gasteiger partial charge in [0.25, 0.3) is 5.91 Å². The smallest absolute Gasteiger partial charge is 0.257 e. The van der Waals surface area contributed by atoms with Crippen LogP contribution in [0.4, 0.5) is 0 Å². The van der Waals surface area contributed by atoms with Crippen molar-refractivity contribution in [1.29, 1.82) is 0 Å². The van der Waals surface area contributed by atoms with Gasteiger partial charge in [-0.3, -0.25) is 4.79 Å². The molecule has 1 aliphatic carbocycles. The normalized spacial score (nSPS) is 17.0. The quantitative estimate of drug-likeness (QED) is 0.718. The molecule has 0 fully saturated rings. The fourth-order valence-electron chi connectivity index (χ4n) is 4.30. The summed E-state index contributed by atoms with van der Waals surface area (Å²) in [6.07, 6.45) is 10.4. The first kappa shape index (κ1) is 18.9. The molecule has 1 aliphatic heterocycles. The van der Waals surface area contributed by atoms with E-state index in [1.165, 1.54) is 30.5 Å². The maximum atomic E-state index is 13.0. The minimum Gasteiger partial charge on any atom is -0.486 e. The minimum absolute atomic E-state index is 0.175. The summed E-state index contributed by atoms with van der Waals surface area (Å²) in [4.78, 5) is 17.6. The largest absolute Gasteiger partial charge is 0.486 e. The number of ether oxygens (including phenoxy) is 2. The zero-order chi connectivity index (χ0) is 20.5. The number of benzene rings is 1. The van der Waals surface area contributed by atoms with E-state index in [2.05, 4.69) is 15.4 Å². The number of hydrogen-bond acceptors (Lipinski definition) is 5. The predicted octanol–water partition coefficient (Wildman–Crippen LogP) is 3.65. The number of nitrogens with zero attached hydrogens (tertiary/aromatic N) is 3. The fraction of sp³-hybridized carbons (Fsp3) is 0.435. The van der Waals surface area contributed by atoms with Crippen LogP contribution in [0.15, 0.2) is 30.6 Å². The number of fused-ring (bicyclic) bond motifs is 4. The van der Waals surface area contributed by atoms with Crippen molar-refractivity contribution in [1.82, 2.24) is 19.9 Å². The van der Waals surface area contributed by atoms with E-state index in [1.54, 1.807) is 6.20 Å². The third-order valence-electron chi connectivity index (χ3n) is 5.98. The van der Waals surface area contributed by atoms with E-state index in [0.717, 1.165) is 36.3 Å². The Labute approximate surface area is 175 Å². The van der Waals surface area contributed by atoms with E-state index < -0.39 is 0 Å². The molecule has 156 valence electrons. The first-order chi connectivity index (χ1) is 14.7. The van der Waals surface area contributed by atoms with Crippen molar-refractivity contribution in [3.05, 3.63) is 53.0 Å². The van der Waals surface area contributed by atoms with Crippen LogP contribution in [0.2, 0.25) is 0 Å². The van der Waals surface area contributed by atoms with Crippen molar-refractivity contribution < 1.29 is 14.3 Å². The van der Waals surface area contributed by atoms with Crippen LogP contribution in [0.1, 0.15) is 65.8 Å². The van der Waals surface area contributed by atoms with E-state index in [1.807, 2.05) is 35.8 Å². The van der Waals surface area contributed by atoms with Crippen LogP contribution in [0.5, 0.6) is 11.5 Å². The van der Waals surface area contributed by atoms with Gasteiger partial charge in [-0.1, -0.05) is 18.9 Å². The second-order valence-electron chi connectivity index (χ2n) is 8.04. The van der Waals surface area contributed by atoms with E-state index in [0.29, 0.717) is 24.4 Å². The summed E-state index contributed by atoms with van der Waals surface area (Å²) in [6, 6.07) is 5.58. The second-order valence-corrected chi connectivity index (χ2v) is 8.04. The summed E-state index contributed by atoms with van der Waals surface area (Å²) >= 11 is 0. The maximum absolute atomic E-state index is 13.0. The number of carbonyl (C=O) groups is 1. The lowest BCUT2D eigenvalue weighted by atomic mass is 9.98. The molecule has 2 aromatic heterocycles. The summed E-state index contributed by atoms with van der Waals surface area (Å²) in [5.74, 6) is 1.29. The average molecular weight is 406 g/mol. The highest BCUT2D eigenvalue weighted by molar-refractivity contribution is 5.99. The Balaban J connectivity index is 1.39. The lowest BCUT2D eigenvalue weighted by Gasteiger charge is -2.21. The third kappa shape index (κ3) is 3.49. The standard InChI is InChI=1S/C23H26N4O3/c1-15(16-8-9-20-21(12-16)30-11-10-29-20)26-23(28)18-14-25-27-19-7-5-3-2-4-6-17(19)13-24-22(18)27/h8-9,12-15H,2-7,10-11H2,1H3,(H,26,28)/t15-/m1/s1. The van der Waals surface area contributed by atoms with E-state index in [-0.39, 0.29) is 11.9 Å². The molecule has 0 saturated heterocycles. The zero-order valence-corrected chi connectivity index (χ0v) is 17.2. The SMILES string of the molecule is C[C@@H](NC(=O)c1cnn2c3c(cnc12)CCCCCC3)c1ccc2c(c1)OCCO2. The summed E-state index contributed by atoms with van der Waals surface area (Å²) in [7, 11) is 0. The Hall–Kier alpha value is -3.09. The first-order valence-electron chi connectivity index (χ1n) is 10.8. The Morgan fingerprint density at radius 2 is 1.87 bits per heavy atom. The molecule has 0 radical (unpaired) electrons. The van der Waals surface area contributed by atoms with Crippen molar-refractivity contribution in [2.45, 2.75) is 51.5 Å². The number of aryl methyl sites for hydroxylation is 2. The van der Waals surface area contributed by atoms with E-state index >= 15 is 0 Å². The highest BCUT2D eigenvalue weighted by atomic mass is 16.6. The minimum atomic E-state index is -0.187. The molecule has 30 heavy (non-hydrogen) atoms. The van der Waals surface area contributed by atoms with Crippen LogP contribution in [-0.4, -0.2) is 33.7 Å². The monoisotopic (exact) mass is 406 g/mol. The van der Waals surface area contributed by atoms with Gasteiger partial charge in [-0.05, 0) is 55.9 Å². The van der Waals surface area contributed by atoms with Crippen molar-refractivity contribution in [2.75, 3.05) is 13.2 Å². The molecule has 0 saturated carbocycles. The molecule has 1 atom stereocenters. The highest BCUT2D eigenvalue weighted by Gasteiger charge is 2.21. The molecule has 7 heteroatoms. The summed E-state index contributed by atoms with van der Waals surface area (Å²) in [6.45, 7) is 3.05. The second kappa shape index (κ2) is 7.97. The van der Waals surface area contributed by atoms with Gasteiger partial charge >= 0.3 is 0 Å². The predicted molar refractivity (Wildman–Crippen MR) is 112 cm³/mol. The van der Waals surface area contributed by atoms with Crippen LogP contribution in [0, 0.1) is 0 Å². The molecule has 3 heterocycles. The lowest BCUT2D eigenvalue weighted by Crippen LogP contribution is -2.27. The number of rotatable bonds is 3. The molecular weight excluding hydrogens is 380 g/mol. The Bertz CT molecular complexity index is 1090. The van der Waals surface area contributed by atoms with Gasteiger partial charge in [0.1, 0.15) is 18.8 Å². The first-order valence-corrected chi connectivity index (χ1v) is 10.8. The van der Waals surface area contributed by atoms with Crippen molar-refractivity contribution in [2.24, 2.45) is 0 Å². The molecule has 0 bridgehead atoms. The lowest BCUT2D eigenvalue weighted by molar-refractivity contribution is 0.0941. The molecule has 2 aliphatic rings. The van der Waals surface area contributed by atoms with Crippen molar-refractivity contribution in [3.63, 3.8) is 0 Å². The van der Waals surface area contributed by atoms with Crippen LogP contribution >= 0.6 is 0 Å². The van der Waals surface area contributed by atoms with Crippen molar-refractivity contribution >= 4 is 11.6 Å². The van der Waals surface area contributed by atoms with Crippen LogP contribution in [0.25, 0.3) is 5.65 Å². The molecule has 1 amide bonds. The number of aromatic nitrogens is 3. The summed E-state index contributed by atoms with van der Waals surface area (Å²) in [5, 5.41) is 7.59. The molecule has 0 spiro atoms. The highest BCUT2D eigenvalue weighted by Crippen LogP contribution is 2.32. The number of hydrogen-bond donors (Lipinski definition) is 1. The van der Waals surface area contributed by atoms with E-state index in [9.17, 15) is 4.79 Å². The number of nitrogens with one attached hydrogen (secondary N) is 1. The molecule has 3 aromatic rings. The van der Waals surface area contributed by atoms with Gasteiger partial charge in [0, 0.05) is 11.9 Å². The van der Waals surface area contributed by atoms with Crippen LogP contribution < -0.4 is 14.8 Å². The third-order valence-corrected chi connectivity index (χ3v) is 5.98. The zero-order valence-electron chi connectivity index (χ0n) is 17.2. The van der Waals surface area contributed by atoms with Crippen LogP contribution in [0.3, 0.4) is 0 Å². The fourth-order valence-corrected chi connectivity index (χ4v) is 4.30. The number of carbonyl (C=O) groups excluding carboxylic acids is 1. The van der Waals surface area contributed by atoms with Gasteiger partial charge in [-0.25, -0.2) is 9.50 Å². The van der Waals surface area contributed by atoms with Gasteiger partial charge in [-0.2, -0.15) is 5.10 Å². The average Bonchev–Trinajstić information content (AvgIpc) is 3.18. The maximum Gasteiger partial charge on any atom is 0.257 e. The Kier molecular flexibility index (Phi) is 5.02. The van der Waals surface area contributed by atoms with Crippen molar-refractivity contribution in [3.8, 4) is 11.5 Å². The Morgan fingerprint density at radius 3 is 2.73 bits per heavy atom. The molecule has 5 rings (SSSR count). The van der Waals surface area contributed by atoms with Crippen LogP contribution in [-0.2, 0) is 12.8 Å². The van der Waals surface area contributed by atoms with Gasteiger partial charge in [-0.15, -0.1) is 0 Å². The topological polar surface area (TPSA) is 77.8 Å². The van der Waals surface area contributed by atoms with Gasteiger partial charge in [0.05, 0.1) is 12.2 Å². The molecule has 1 aromatic carbocycles.